The number of benzene rings is 2. The molecule has 0 aliphatic heterocycles. The van der Waals surface area contributed by atoms with Crippen LogP contribution in [-0.4, -0.2) is 7.11 Å². The van der Waals surface area contributed by atoms with E-state index in [-0.39, 0.29) is 5.63 Å². The van der Waals surface area contributed by atoms with Crippen LogP contribution in [0.15, 0.2) is 45.6 Å². The third-order valence-electron chi connectivity index (χ3n) is 3.89. The van der Waals surface area contributed by atoms with Gasteiger partial charge in [0.1, 0.15) is 11.3 Å². The van der Waals surface area contributed by atoms with Crippen LogP contribution in [0.25, 0.3) is 22.1 Å². The van der Waals surface area contributed by atoms with E-state index in [1.165, 1.54) is 5.56 Å². The second kappa shape index (κ2) is 5.34. The number of hydrogen-bond acceptors (Lipinski definition) is 3. The topological polar surface area (TPSA) is 39.4 Å². The van der Waals surface area contributed by atoms with E-state index in [1.807, 2.05) is 32.0 Å². The first-order valence-corrected chi connectivity index (χ1v) is 7.19. The van der Waals surface area contributed by atoms with Gasteiger partial charge >= 0.3 is 5.63 Å². The van der Waals surface area contributed by atoms with Crippen molar-refractivity contribution < 1.29 is 9.15 Å². The number of methoxy groups -OCH3 is 1. The molecule has 1 heterocycles. The van der Waals surface area contributed by atoms with Gasteiger partial charge < -0.3 is 9.15 Å². The molecule has 3 aromatic rings. The summed E-state index contributed by atoms with van der Waals surface area (Å²) in [6, 6.07) is 11.6. The fourth-order valence-corrected chi connectivity index (χ4v) is 3.00. The van der Waals surface area contributed by atoms with E-state index < -0.39 is 0 Å². The van der Waals surface area contributed by atoms with Crippen LogP contribution in [0.1, 0.15) is 16.7 Å². The Balaban J connectivity index is 2.29. The summed E-state index contributed by atoms with van der Waals surface area (Å²) < 4.78 is 10.7. The van der Waals surface area contributed by atoms with Crippen molar-refractivity contribution in [2.75, 3.05) is 7.11 Å². The van der Waals surface area contributed by atoms with E-state index in [2.05, 4.69) is 19.1 Å². The Hall–Kier alpha value is -2.55. The molecule has 3 rings (SSSR count). The van der Waals surface area contributed by atoms with Gasteiger partial charge in [0.2, 0.25) is 0 Å². The molecule has 0 saturated carbocycles. The molecular formula is C19H18O3. The summed E-state index contributed by atoms with van der Waals surface area (Å²) in [6.45, 7) is 6.10. The molecule has 3 heteroatoms. The van der Waals surface area contributed by atoms with Crippen molar-refractivity contribution in [2.45, 2.75) is 20.8 Å². The first-order valence-electron chi connectivity index (χ1n) is 7.19. The molecule has 0 bridgehead atoms. The largest absolute Gasteiger partial charge is 0.497 e. The molecule has 0 radical (unpaired) electrons. The Bertz CT molecular complexity index is 897. The summed E-state index contributed by atoms with van der Waals surface area (Å²) in [7, 11) is 1.59. The van der Waals surface area contributed by atoms with Crippen LogP contribution in [0, 0.1) is 20.8 Å². The van der Waals surface area contributed by atoms with E-state index in [4.69, 9.17) is 9.15 Å². The van der Waals surface area contributed by atoms with Crippen LogP contribution in [0.3, 0.4) is 0 Å². The number of hydrogen-bond donors (Lipinski definition) is 0. The molecule has 0 amide bonds. The average molecular weight is 294 g/mol. The summed E-state index contributed by atoms with van der Waals surface area (Å²) >= 11 is 0. The van der Waals surface area contributed by atoms with Gasteiger partial charge in [-0.2, -0.15) is 0 Å². The molecule has 112 valence electrons. The minimum atomic E-state index is -0.323. The van der Waals surface area contributed by atoms with Gasteiger partial charge in [0.25, 0.3) is 0 Å². The van der Waals surface area contributed by atoms with Crippen LogP contribution in [-0.2, 0) is 0 Å². The van der Waals surface area contributed by atoms with E-state index in [0.717, 1.165) is 22.1 Å². The summed E-state index contributed by atoms with van der Waals surface area (Å²) in [4.78, 5) is 12.4. The fraction of sp³-hybridized carbons (Fsp3) is 0.211. The van der Waals surface area contributed by atoms with Gasteiger partial charge in [-0.3, -0.25) is 0 Å². The first-order chi connectivity index (χ1) is 10.5. The van der Waals surface area contributed by atoms with Crippen molar-refractivity contribution in [3.8, 4) is 16.9 Å². The normalized spacial score (nSPS) is 10.9. The Morgan fingerprint density at radius 3 is 2.27 bits per heavy atom. The van der Waals surface area contributed by atoms with Gasteiger partial charge in [0.05, 0.1) is 12.7 Å². The summed E-state index contributed by atoms with van der Waals surface area (Å²) in [6.07, 6.45) is 0. The van der Waals surface area contributed by atoms with Crippen LogP contribution < -0.4 is 10.4 Å². The minimum absolute atomic E-state index is 0.323. The van der Waals surface area contributed by atoms with Crippen molar-refractivity contribution in [1.82, 2.24) is 0 Å². The SMILES string of the molecule is COc1ccc2cc(-c3c(C)cc(C)cc3C)c(=O)oc2c1. The van der Waals surface area contributed by atoms with Gasteiger partial charge in [-0.25, -0.2) is 4.79 Å². The molecule has 1 aromatic heterocycles. The van der Waals surface area contributed by atoms with Gasteiger partial charge in [0.15, 0.2) is 0 Å². The van der Waals surface area contributed by atoms with Gasteiger partial charge in [-0.15, -0.1) is 0 Å². The molecule has 0 spiro atoms. The highest BCUT2D eigenvalue weighted by molar-refractivity contribution is 5.84. The number of ether oxygens (including phenoxy) is 1. The Morgan fingerprint density at radius 1 is 0.955 bits per heavy atom. The zero-order valence-electron chi connectivity index (χ0n) is 13.2. The van der Waals surface area contributed by atoms with E-state index in [1.54, 1.807) is 13.2 Å². The molecule has 22 heavy (non-hydrogen) atoms. The van der Waals surface area contributed by atoms with E-state index >= 15 is 0 Å². The smallest absolute Gasteiger partial charge is 0.344 e. The first kappa shape index (κ1) is 14.4. The maximum atomic E-state index is 12.4. The monoisotopic (exact) mass is 294 g/mol. The summed E-state index contributed by atoms with van der Waals surface area (Å²) in [5.74, 6) is 0.672. The highest BCUT2D eigenvalue weighted by Gasteiger charge is 2.13. The fourth-order valence-electron chi connectivity index (χ4n) is 3.00. The van der Waals surface area contributed by atoms with Gasteiger partial charge in [-0.05, 0) is 55.7 Å². The second-order valence-electron chi connectivity index (χ2n) is 5.63. The molecule has 0 aliphatic rings. The van der Waals surface area contributed by atoms with E-state index in [0.29, 0.717) is 16.9 Å². The molecular weight excluding hydrogens is 276 g/mol. The van der Waals surface area contributed by atoms with Crippen LogP contribution in [0.2, 0.25) is 0 Å². The lowest BCUT2D eigenvalue weighted by molar-refractivity contribution is 0.414. The van der Waals surface area contributed by atoms with Crippen LogP contribution in [0.4, 0.5) is 0 Å². The minimum Gasteiger partial charge on any atom is -0.497 e. The third-order valence-corrected chi connectivity index (χ3v) is 3.89. The van der Waals surface area contributed by atoms with Crippen molar-refractivity contribution in [3.05, 3.63) is 63.5 Å². The molecule has 0 atom stereocenters. The summed E-state index contributed by atoms with van der Waals surface area (Å²) in [5.41, 5.74) is 5.13. The molecule has 2 aromatic carbocycles. The third kappa shape index (κ3) is 2.39. The quantitative estimate of drug-likeness (QED) is 0.658. The summed E-state index contributed by atoms with van der Waals surface area (Å²) in [5, 5.41) is 0.884. The Kier molecular flexibility index (Phi) is 3.49. The van der Waals surface area contributed by atoms with Crippen molar-refractivity contribution >= 4 is 11.0 Å². The Morgan fingerprint density at radius 2 is 1.64 bits per heavy atom. The molecule has 0 unspecified atom stereocenters. The van der Waals surface area contributed by atoms with Gasteiger partial charge in [0, 0.05) is 11.5 Å². The average Bonchev–Trinajstić information content (AvgIpc) is 2.46. The lowest BCUT2D eigenvalue weighted by atomic mass is 9.94. The lowest BCUT2D eigenvalue weighted by Gasteiger charge is -2.11. The van der Waals surface area contributed by atoms with Crippen molar-refractivity contribution in [3.63, 3.8) is 0 Å². The number of fused-ring (bicyclic) bond motifs is 1. The molecule has 0 N–H and O–H groups in total. The standard InChI is InChI=1S/C19H18O3/c1-11-7-12(2)18(13(3)8-11)16-9-14-5-6-15(21-4)10-17(14)22-19(16)20/h5-10H,1-4H3. The predicted molar refractivity (Wildman–Crippen MR) is 88.7 cm³/mol. The maximum absolute atomic E-state index is 12.4. The van der Waals surface area contributed by atoms with E-state index in [9.17, 15) is 4.79 Å². The highest BCUT2D eigenvalue weighted by Crippen LogP contribution is 2.29. The maximum Gasteiger partial charge on any atom is 0.344 e. The highest BCUT2D eigenvalue weighted by atomic mass is 16.5. The molecule has 0 fully saturated rings. The molecule has 0 aliphatic carbocycles. The zero-order valence-corrected chi connectivity index (χ0v) is 13.2. The van der Waals surface area contributed by atoms with Crippen molar-refractivity contribution in [2.24, 2.45) is 0 Å². The second-order valence-corrected chi connectivity index (χ2v) is 5.63. The number of aryl methyl sites for hydroxylation is 3. The Labute approximate surface area is 129 Å². The van der Waals surface area contributed by atoms with Crippen molar-refractivity contribution in [1.29, 1.82) is 0 Å². The molecule has 3 nitrogen and oxygen atoms in total. The lowest BCUT2D eigenvalue weighted by Crippen LogP contribution is -2.05. The predicted octanol–water partition coefficient (Wildman–Crippen LogP) is 4.39. The molecule has 0 saturated heterocycles. The van der Waals surface area contributed by atoms with Crippen LogP contribution >= 0.6 is 0 Å². The van der Waals surface area contributed by atoms with Crippen LogP contribution in [0.5, 0.6) is 5.75 Å². The van der Waals surface area contributed by atoms with Gasteiger partial charge in [-0.1, -0.05) is 17.7 Å². The zero-order chi connectivity index (χ0) is 15.9. The number of rotatable bonds is 2.